The SMILES string of the molecule is COc1c(Cl)ncnc1NC1CCC(C)C1C. The molecule has 1 aromatic rings. The van der Waals surface area contributed by atoms with E-state index < -0.39 is 0 Å². The molecule has 1 N–H and O–H groups in total. The van der Waals surface area contributed by atoms with Gasteiger partial charge in [-0.25, -0.2) is 9.97 Å². The molecule has 0 saturated heterocycles. The van der Waals surface area contributed by atoms with Gasteiger partial charge in [-0.2, -0.15) is 0 Å². The van der Waals surface area contributed by atoms with Gasteiger partial charge in [0.2, 0.25) is 0 Å². The zero-order chi connectivity index (χ0) is 12.4. The summed E-state index contributed by atoms with van der Waals surface area (Å²) in [6.07, 6.45) is 3.86. The fourth-order valence-electron chi connectivity index (χ4n) is 2.38. The van der Waals surface area contributed by atoms with Crippen molar-refractivity contribution >= 4 is 17.4 Å². The number of methoxy groups -OCH3 is 1. The third kappa shape index (κ3) is 2.46. The van der Waals surface area contributed by atoms with Crippen molar-refractivity contribution < 1.29 is 4.74 Å². The summed E-state index contributed by atoms with van der Waals surface area (Å²) in [6.45, 7) is 4.56. The van der Waals surface area contributed by atoms with E-state index in [2.05, 4.69) is 29.1 Å². The molecule has 0 spiro atoms. The summed E-state index contributed by atoms with van der Waals surface area (Å²) < 4.78 is 5.23. The van der Waals surface area contributed by atoms with E-state index in [1.807, 2.05) is 0 Å². The molecule has 1 heterocycles. The number of hydrogen-bond donors (Lipinski definition) is 1. The van der Waals surface area contributed by atoms with Crippen molar-refractivity contribution in [2.45, 2.75) is 32.7 Å². The second-order valence-electron chi connectivity index (χ2n) is 4.71. The smallest absolute Gasteiger partial charge is 0.198 e. The van der Waals surface area contributed by atoms with E-state index in [1.54, 1.807) is 7.11 Å². The summed E-state index contributed by atoms with van der Waals surface area (Å²) in [4.78, 5) is 8.11. The van der Waals surface area contributed by atoms with E-state index in [-0.39, 0.29) is 0 Å². The second-order valence-corrected chi connectivity index (χ2v) is 5.07. The molecule has 5 heteroatoms. The van der Waals surface area contributed by atoms with Crippen molar-refractivity contribution in [2.24, 2.45) is 11.8 Å². The van der Waals surface area contributed by atoms with Crippen molar-refractivity contribution in [2.75, 3.05) is 12.4 Å². The first-order valence-corrected chi connectivity index (χ1v) is 6.32. The van der Waals surface area contributed by atoms with Crippen LogP contribution in [-0.4, -0.2) is 23.1 Å². The number of aromatic nitrogens is 2. The summed E-state index contributed by atoms with van der Waals surface area (Å²) in [7, 11) is 1.58. The third-order valence-electron chi connectivity index (χ3n) is 3.75. The van der Waals surface area contributed by atoms with Crippen LogP contribution < -0.4 is 10.1 Å². The maximum absolute atomic E-state index is 5.96. The van der Waals surface area contributed by atoms with Gasteiger partial charge < -0.3 is 10.1 Å². The van der Waals surface area contributed by atoms with E-state index in [0.717, 1.165) is 12.3 Å². The molecule has 3 atom stereocenters. The molecule has 17 heavy (non-hydrogen) atoms. The number of halogens is 1. The van der Waals surface area contributed by atoms with Crippen molar-refractivity contribution in [3.63, 3.8) is 0 Å². The highest BCUT2D eigenvalue weighted by Crippen LogP contribution is 2.36. The van der Waals surface area contributed by atoms with Crippen molar-refractivity contribution in [3.8, 4) is 5.75 Å². The molecular weight excluding hydrogens is 238 g/mol. The van der Waals surface area contributed by atoms with Crippen molar-refractivity contribution in [3.05, 3.63) is 11.5 Å². The van der Waals surface area contributed by atoms with Gasteiger partial charge in [-0.3, -0.25) is 0 Å². The zero-order valence-corrected chi connectivity index (χ0v) is 11.2. The van der Waals surface area contributed by atoms with Crippen LogP contribution in [0.15, 0.2) is 6.33 Å². The summed E-state index contributed by atoms with van der Waals surface area (Å²) in [5.74, 6) is 2.60. The molecule has 1 aliphatic rings. The Morgan fingerprint density at radius 3 is 2.71 bits per heavy atom. The topological polar surface area (TPSA) is 47.0 Å². The van der Waals surface area contributed by atoms with Gasteiger partial charge in [-0.15, -0.1) is 0 Å². The average Bonchev–Trinajstić information content (AvgIpc) is 2.61. The van der Waals surface area contributed by atoms with Crippen LogP contribution in [-0.2, 0) is 0 Å². The van der Waals surface area contributed by atoms with Crippen LogP contribution in [0.3, 0.4) is 0 Å². The minimum atomic E-state index is 0.351. The Bertz CT molecular complexity index is 399. The Morgan fingerprint density at radius 1 is 1.35 bits per heavy atom. The minimum Gasteiger partial charge on any atom is -0.490 e. The Kier molecular flexibility index (Phi) is 3.72. The Morgan fingerprint density at radius 2 is 2.12 bits per heavy atom. The summed E-state index contributed by atoms with van der Waals surface area (Å²) >= 11 is 5.96. The lowest BCUT2D eigenvalue weighted by atomic mass is 9.98. The molecule has 1 saturated carbocycles. The minimum absolute atomic E-state index is 0.351. The molecule has 0 radical (unpaired) electrons. The van der Waals surface area contributed by atoms with Crippen LogP contribution in [0.4, 0.5) is 5.82 Å². The highest BCUT2D eigenvalue weighted by Gasteiger charge is 2.30. The summed E-state index contributed by atoms with van der Waals surface area (Å²) in [5.41, 5.74) is 0. The molecule has 4 nitrogen and oxygen atoms in total. The van der Waals surface area contributed by atoms with Gasteiger partial charge in [-0.1, -0.05) is 25.4 Å². The predicted molar refractivity (Wildman–Crippen MR) is 68.6 cm³/mol. The van der Waals surface area contributed by atoms with E-state index in [4.69, 9.17) is 16.3 Å². The first-order valence-electron chi connectivity index (χ1n) is 5.94. The number of anilines is 1. The maximum atomic E-state index is 5.96. The average molecular weight is 256 g/mol. The molecule has 0 amide bonds. The quantitative estimate of drug-likeness (QED) is 0.844. The highest BCUT2D eigenvalue weighted by molar-refractivity contribution is 6.31. The molecule has 3 unspecified atom stereocenters. The molecule has 0 aliphatic heterocycles. The first kappa shape index (κ1) is 12.4. The van der Waals surface area contributed by atoms with Crippen LogP contribution in [0.5, 0.6) is 5.75 Å². The molecule has 1 aliphatic carbocycles. The Balaban J connectivity index is 2.16. The van der Waals surface area contributed by atoms with Crippen LogP contribution >= 0.6 is 11.6 Å². The molecule has 0 aromatic carbocycles. The molecule has 1 aromatic heterocycles. The molecule has 0 bridgehead atoms. The molecule has 2 rings (SSSR count). The van der Waals surface area contributed by atoms with Gasteiger partial charge in [0.25, 0.3) is 0 Å². The number of nitrogens with one attached hydrogen (secondary N) is 1. The normalized spacial score (nSPS) is 28.1. The zero-order valence-electron chi connectivity index (χ0n) is 10.4. The Hall–Kier alpha value is -1.03. The molecule has 1 fully saturated rings. The fourth-order valence-corrected chi connectivity index (χ4v) is 2.59. The standard InChI is InChI=1S/C12H18ClN3O/c1-7-4-5-9(8(7)2)16-12-10(17-3)11(13)14-6-15-12/h6-9H,4-5H2,1-3H3,(H,14,15,16). The van der Waals surface area contributed by atoms with Gasteiger partial charge in [0.1, 0.15) is 6.33 Å². The van der Waals surface area contributed by atoms with Gasteiger partial charge in [0.05, 0.1) is 7.11 Å². The summed E-state index contributed by atoms with van der Waals surface area (Å²) in [6, 6.07) is 0.435. The van der Waals surface area contributed by atoms with Crippen molar-refractivity contribution in [1.82, 2.24) is 9.97 Å². The monoisotopic (exact) mass is 255 g/mol. The van der Waals surface area contributed by atoms with Crippen LogP contribution in [0.2, 0.25) is 5.15 Å². The molecule has 94 valence electrons. The predicted octanol–water partition coefficient (Wildman–Crippen LogP) is 2.99. The van der Waals surface area contributed by atoms with Crippen molar-refractivity contribution in [1.29, 1.82) is 0 Å². The van der Waals surface area contributed by atoms with E-state index in [0.29, 0.717) is 28.7 Å². The van der Waals surface area contributed by atoms with E-state index in [1.165, 1.54) is 12.7 Å². The maximum Gasteiger partial charge on any atom is 0.198 e. The van der Waals surface area contributed by atoms with Gasteiger partial charge in [-0.05, 0) is 24.7 Å². The van der Waals surface area contributed by atoms with E-state index >= 15 is 0 Å². The number of ether oxygens (including phenoxy) is 1. The lowest BCUT2D eigenvalue weighted by Gasteiger charge is -2.21. The lowest BCUT2D eigenvalue weighted by molar-refractivity contribution is 0.408. The fraction of sp³-hybridized carbons (Fsp3) is 0.667. The number of nitrogens with zero attached hydrogens (tertiary/aromatic N) is 2. The van der Waals surface area contributed by atoms with Gasteiger partial charge in [0.15, 0.2) is 16.7 Å². The Labute approximate surface area is 107 Å². The largest absolute Gasteiger partial charge is 0.490 e. The first-order chi connectivity index (χ1) is 8.13. The van der Waals surface area contributed by atoms with Crippen LogP contribution in [0.1, 0.15) is 26.7 Å². The summed E-state index contributed by atoms with van der Waals surface area (Å²) in [5, 5.41) is 3.77. The van der Waals surface area contributed by atoms with Crippen LogP contribution in [0, 0.1) is 11.8 Å². The number of rotatable bonds is 3. The second kappa shape index (κ2) is 5.08. The number of hydrogen-bond acceptors (Lipinski definition) is 4. The van der Waals surface area contributed by atoms with E-state index in [9.17, 15) is 0 Å². The third-order valence-corrected chi connectivity index (χ3v) is 4.02. The lowest BCUT2D eigenvalue weighted by Crippen LogP contribution is -2.25. The highest BCUT2D eigenvalue weighted by atomic mass is 35.5. The molecular formula is C12H18ClN3O. The van der Waals surface area contributed by atoms with Gasteiger partial charge in [0, 0.05) is 6.04 Å². The van der Waals surface area contributed by atoms with Gasteiger partial charge >= 0.3 is 0 Å². The van der Waals surface area contributed by atoms with Crippen LogP contribution in [0.25, 0.3) is 0 Å².